The van der Waals surface area contributed by atoms with E-state index in [-0.39, 0.29) is 11.9 Å². The van der Waals surface area contributed by atoms with Gasteiger partial charge < -0.3 is 15.1 Å². The summed E-state index contributed by atoms with van der Waals surface area (Å²) >= 11 is 1.79. The number of aromatic nitrogens is 4. The molecule has 7 nitrogen and oxygen atoms in total. The summed E-state index contributed by atoms with van der Waals surface area (Å²) in [7, 11) is 0. The molecule has 6 rings (SSSR count). The van der Waals surface area contributed by atoms with Crippen LogP contribution in [0.3, 0.4) is 0 Å². The minimum atomic E-state index is -0.249. The van der Waals surface area contributed by atoms with E-state index < -0.39 is 0 Å². The van der Waals surface area contributed by atoms with Crippen LogP contribution >= 0.6 is 11.8 Å². The van der Waals surface area contributed by atoms with Crippen molar-refractivity contribution in [2.24, 2.45) is 0 Å². The molecule has 3 aromatic heterocycles. The molecular weight excluding hydrogens is 523 g/mol. The van der Waals surface area contributed by atoms with Crippen molar-refractivity contribution in [1.29, 1.82) is 0 Å². The Kier molecular flexibility index (Phi) is 7.48. The zero-order chi connectivity index (χ0) is 27.5. The van der Waals surface area contributed by atoms with E-state index in [1.807, 2.05) is 59.4 Å². The van der Waals surface area contributed by atoms with Crippen molar-refractivity contribution >= 4 is 45.1 Å². The third kappa shape index (κ3) is 5.43. The largest absolute Gasteiger partial charge is 0.459 e. The molecular formula is C31H29FN6OS. The quantitative estimate of drug-likeness (QED) is 0.186. The molecule has 0 aliphatic heterocycles. The summed E-state index contributed by atoms with van der Waals surface area (Å²) in [6.07, 6.45) is 5.49. The third-order valence-corrected chi connectivity index (χ3v) is 7.47. The lowest BCUT2D eigenvalue weighted by molar-refractivity contribution is 0.449. The average Bonchev–Trinajstić information content (AvgIpc) is 3.61. The summed E-state index contributed by atoms with van der Waals surface area (Å²) in [5, 5.41) is 13.4. The lowest BCUT2D eigenvalue weighted by atomic mass is 10.1. The molecule has 9 heteroatoms. The smallest absolute Gasteiger partial charge is 0.141 e. The molecule has 1 atom stereocenters. The molecule has 3 heterocycles. The highest BCUT2D eigenvalue weighted by atomic mass is 32.2. The minimum absolute atomic E-state index is 0.169. The number of hydrogen-bond acceptors (Lipinski definition) is 7. The van der Waals surface area contributed by atoms with Gasteiger partial charge in [-0.05, 0) is 79.0 Å². The van der Waals surface area contributed by atoms with Crippen molar-refractivity contribution in [3.8, 4) is 11.3 Å². The van der Waals surface area contributed by atoms with E-state index in [0.29, 0.717) is 12.4 Å². The average molecular weight is 553 g/mol. The molecule has 0 aliphatic rings. The fourth-order valence-electron chi connectivity index (χ4n) is 4.90. The van der Waals surface area contributed by atoms with Crippen LogP contribution in [0.2, 0.25) is 0 Å². The molecule has 0 aliphatic carbocycles. The predicted octanol–water partition coefficient (Wildman–Crippen LogP) is 7.18. The van der Waals surface area contributed by atoms with Crippen molar-refractivity contribution in [3.63, 3.8) is 0 Å². The molecule has 0 amide bonds. The maximum atomic E-state index is 13.6. The van der Waals surface area contributed by atoms with Crippen LogP contribution in [0.15, 0.2) is 89.7 Å². The molecule has 0 saturated heterocycles. The summed E-state index contributed by atoms with van der Waals surface area (Å²) in [5.74, 6) is 3.14. The molecule has 1 unspecified atom stereocenters. The number of hydrogen-bond donors (Lipinski definition) is 2. The van der Waals surface area contributed by atoms with Gasteiger partial charge in [0.25, 0.3) is 0 Å². The van der Waals surface area contributed by atoms with E-state index >= 15 is 0 Å². The zero-order valence-electron chi connectivity index (χ0n) is 22.3. The standard InChI is InChI=1S/C31H29FN6OS/c1-3-33-27(18-40-2)30-12-11-29(39-30)21-7-9-26-25(15-21)31(35-19-34-26)37-24-8-10-28-22(14-24)16-36-38(28)17-20-5-4-6-23(32)13-20/h4-16,19,27,33H,3,17-18H2,1-2H3,(H,34,35,37). The molecule has 3 aromatic carbocycles. The molecule has 0 saturated carbocycles. The van der Waals surface area contributed by atoms with Gasteiger partial charge in [-0.2, -0.15) is 16.9 Å². The molecule has 40 heavy (non-hydrogen) atoms. The first kappa shape index (κ1) is 26.0. The van der Waals surface area contributed by atoms with Crippen LogP contribution in [-0.4, -0.2) is 38.3 Å². The zero-order valence-corrected chi connectivity index (χ0v) is 23.1. The summed E-state index contributed by atoms with van der Waals surface area (Å²) < 4.78 is 21.8. The number of anilines is 2. The number of halogens is 1. The Bertz CT molecular complexity index is 1770. The lowest BCUT2D eigenvalue weighted by Crippen LogP contribution is -2.22. The Balaban J connectivity index is 1.27. The molecule has 6 aromatic rings. The number of thioether (sulfide) groups is 1. The Morgan fingerprint density at radius 2 is 1.95 bits per heavy atom. The number of furan rings is 1. The van der Waals surface area contributed by atoms with Crippen LogP contribution in [0.5, 0.6) is 0 Å². The highest BCUT2D eigenvalue weighted by Gasteiger charge is 2.16. The molecule has 0 radical (unpaired) electrons. The summed E-state index contributed by atoms with van der Waals surface area (Å²) in [6.45, 7) is 3.48. The Hall–Kier alpha value is -4.21. The van der Waals surface area contributed by atoms with E-state index in [9.17, 15) is 4.39 Å². The maximum absolute atomic E-state index is 13.6. The van der Waals surface area contributed by atoms with E-state index in [1.165, 1.54) is 12.1 Å². The van der Waals surface area contributed by atoms with Gasteiger partial charge in [0.15, 0.2) is 0 Å². The van der Waals surface area contributed by atoms with Gasteiger partial charge in [-0.15, -0.1) is 0 Å². The minimum Gasteiger partial charge on any atom is -0.459 e. The van der Waals surface area contributed by atoms with Crippen LogP contribution in [-0.2, 0) is 6.54 Å². The van der Waals surface area contributed by atoms with Gasteiger partial charge in [0.1, 0.15) is 29.5 Å². The van der Waals surface area contributed by atoms with Gasteiger partial charge in [-0.1, -0.05) is 19.1 Å². The van der Waals surface area contributed by atoms with Crippen molar-refractivity contribution in [3.05, 3.63) is 102 Å². The highest BCUT2D eigenvalue weighted by Crippen LogP contribution is 2.32. The molecule has 0 bridgehead atoms. The van der Waals surface area contributed by atoms with Crippen molar-refractivity contribution in [1.82, 2.24) is 25.1 Å². The number of nitrogens with one attached hydrogen (secondary N) is 2. The van der Waals surface area contributed by atoms with Gasteiger partial charge >= 0.3 is 0 Å². The second-order valence-corrected chi connectivity index (χ2v) is 10.5. The van der Waals surface area contributed by atoms with E-state index in [4.69, 9.17) is 4.42 Å². The Labute approximate surface area is 235 Å². The van der Waals surface area contributed by atoms with Gasteiger partial charge in [0.05, 0.1) is 29.8 Å². The SMILES string of the molecule is CCNC(CSC)c1ccc(-c2ccc3ncnc(Nc4ccc5c(cnn5Cc5cccc(F)c5)c4)c3c2)o1. The second kappa shape index (κ2) is 11.5. The first-order valence-corrected chi connectivity index (χ1v) is 14.5. The number of rotatable bonds is 10. The normalized spacial score (nSPS) is 12.3. The molecule has 0 spiro atoms. The van der Waals surface area contributed by atoms with Crippen molar-refractivity contribution in [2.75, 3.05) is 23.9 Å². The van der Waals surface area contributed by atoms with Crippen LogP contribution < -0.4 is 10.6 Å². The molecule has 0 fully saturated rings. The van der Waals surface area contributed by atoms with Gasteiger partial charge in [-0.3, -0.25) is 4.68 Å². The number of nitrogens with zero attached hydrogens (tertiary/aromatic N) is 4. The van der Waals surface area contributed by atoms with Crippen molar-refractivity contribution in [2.45, 2.75) is 19.5 Å². The van der Waals surface area contributed by atoms with E-state index in [2.05, 4.69) is 44.9 Å². The van der Waals surface area contributed by atoms with Crippen LogP contribution in [0.1, 0.15) is 24.3 Å². The Morgan fingerprint density at radius 3 is 2.80 bits per heavy atom. The predicted molar refractivity (Wildman–Crippen MR) is 161 cm³/mol. The summed E-state index contributed by atoms with van der Waals surface area (Å²) in [5.41, 5.74) is 4.51. The van der Waals surface area contributed by atoms with E-state index in [1.54, 1.807) is 24.2 Å². The summed E-state index contributed by atoms with van der Waals surface area (Å²) in [4.78, 5) is 9.01. The fourth-order valence-corrected chi connectivity index (χ4v) is 5.51. The first-order chi connectivity index (χ1) is 19.6. The lowest BCUT2D eigenvalue weighted by Gasteiger charge is -2.14. The monoisotopic (exact) mass is 552 g/mol. The van der Waals surface area contributed by atoms with Crippen LogP contribution in [0.4, 0.5) is 15.9 Å². The topological polar surface area (TPSA) is 80.8 Å². The molecule has 2 N–H and O–H groups in total. The Morgan fingerprint density at radius 1 is 1.02 bits per heavy atom. The third-order valence-electron chi connectivity index (χ3n) is 6.80. The molecule has 202 valence electrons. The second-order valence-electron chi connectivity index (χ2n) is 9.55. The van der Waals surface area contributed by atoms with Gasteiger partial charge in [0, 0.05) is 27.8 Å². The number of benzene rings is 3. The van der Waals surface area contributed by atoms with Crippen LogP contribution in [0, 0.1) is 5.82 Å². The van der Waals surface area contributed by atoms with Gasteiger partial charge in [0.2, 0.25) is 0 Å². The number of fused-ring (bicyclic) bond motifs is 2. The highest BCUT2D eigenvalue weighted by molar-refractivity contribution is 7.98. The summed E-state index contributed by atoms with van der Waals surface area (Å²) in [6, 6.07) is 23.0. The fraction of sp³-hybridized carbons (Fsp3) is 0.194. The van der Waals surface area contributed by atoms with Gasteiger partial charge in [-0.25, -0.2) is 14.4 Å². The van der Waals surface area contributed by atoms with Crippen LogP contribution in [0.25, 0.3) is 33.1 Å². The van der Waals surface area contributed by atoms with Crippen molar-refractivity contribution < 1.29 is 8.81 Å². The maximum Gasteiger partial charge on any atom is 0.141 e. The van der Waals surface area contributed by atoms with E-state index in [0.717, 1.165) is 62.4 Å². The first-order valence-electron chi connectivity index (χ1n) is 13.2.